The maximum Gasteiger partial charge on any atom is 0.130 e. The second-order valence-electron chi connectivity index (χ2n) is 4.99. The van der Waals surface area contributed by atoms with Crippen LogP contribution in [-0.2, 0) is 0 Å². The Kier molecular flexibility index (Phi) is 4.11. The molecule has 3 nitrogen and oxygen atoms in total. The molecule has 0 bridgehead atoms. The highest BCUT2D eigenvalue weighted by Crippen LogP contribution is 2.30. The van der Waals surface area contributed by atoms with Crippen molar-refractivity contribution < 1.29 is 9.50 Å². The number of anilines is 1. The topological polar surface area (TPSA) is 49.5 Å². The molecule has 1 rings (SSSR count). The van der Waals surface area contributed by atoms with E-state index in [4.69, 9.17) is 5.73 Å². The van der Waals surface area contributed by atoms with E-state index in [1.165, 1.54) is 6.07 Å². The Morgan fingerprint density at radius 2 is 2.06 bits per heavy atom. The maximum atomic E-state index is 13.8. The monoisotopic (exact) mass is 240 g/mol. The van der Waals surface area contributed by atoms with Gasteiger partial charge in [0.25, 0.3) is 0 Å². The molecule has 0 aliphatic rings. The molecule has 0 saturated heterocycles. The largest absolute Gasteiger partial charge is 0.394 e. The fourth-order valence-electron chi connectivity index (χ4n) is 1.70. The molecule has 0 amide bonds. The minimum atomic E-state index is -0.461. The van der Waals surface area contributed by atoms with Gasteiger partial charge in [-0.15, -0.1) is 0 Å². The van der Waals surface area contributed by atoms with Crippen molar-refractivity contribution >= 4 is 5.69 Å². The molecule has 0 fully saturated rings. The highest BCUT2D eigenvalue weighted by Gasteiger charge is 2.26. The predicted molar refractivity (Wildman–Crippen MR) is 68.6 cm³/mol. The number of aliphatic hydroxyl groups is 1. The molecule has 0 heterocycles. The van der Waals surface area contributed by atoms with Gasteiger partial charge in [-0.05, 0) is 32.9 Å². The summed E-state index contributed by atoms with van der Waals surface area (Å²) in [6.07, 6.45) is 0. The van der Waals surface area contributed by atoms with Crippen LogP contribution in [-0.4, -0.2) is 24.3 Å². The van der Waals surface area contributed by atoms with Crippen molar-refractivity contribution in [3.05, 3.63) is 29.6 Å². The summed E-state index contributed by atoms with van der Waals surface area (Å²) in [4.78, 5) is 1.86. The summed E-state index contributed by atoms with van der Waals surface area (Å²) in [5.41, 5.74) is 6.55. The van der Waals surface area contributed by atoms with E-state index < -0.39 is 5.54 Å². The van der Waals surface area contributed by atoms with Crippen LogP contribution in [0.2, 0.25) is 0 Å². The molecule has 1 aromatic rings. The molecule has 0 radical (unpaired) electrons. The molecule has 0 aliphatic heterocycles. The van der Waals surface area contributed by atoms with Crippen LogP contribution < -0.4 is 10.6 Å². The van der Waals surface area contributed by atoms with Gasteiger partial charge in [0.15, 0.2) is 0 Å². The van der Waals surface area contributed by atoms with Crippen molar-refractivity contribution in [3.63, 3.8) is 0 Å². The number of hydrogen-bond acceptors (Lipinski definition) is 3. The zero-order valence-electron chi connectivity index (χ0n) is 10.9. The van der Waals surface area contributed by atoms with E-state index in [9.17, 15) is 9.50 Å². The van der Waals surface area contributed by atoms with Crippen molar-refractivity contribution in [2.45, 2.75) is 32.4 Å². The summed E-state index contributed by atoms with van der Waals surface area (Å²) in [5.74, 6) is -0.307. The fraction of sp³-hybridized carbons (Fsp3) is 0.538. The fourth-order valence-corrected chi connectivity index (χ4v) is 1.70. The van der Waals surface area contributed by atoms with Crippen LogP contribution in [0, 0.1) is 5.82 Å². The van der Waals surface area contributed by atoms with Gasteiger partial charge in [0.1, 0.15) is 5.82 Å². The Bertz CT molecular complexity index is 391. The summed E-state index contributed by atoms with van der Waals surface area (Å²) >= 11 is 0. The number of nitrogens with zero attached hydrogens (tertiary/aromatic N) is 1. The lowest BCUT2D eigenvalue weighted by Crippen LogP contribution is -2.45. The first kappa shape index (κ1) is 13.9. The van der Waals surface area contributed by atoms with E-state index >= 15 is 0 Å². The number of benzene rings is 1. The molecule has 3 N–H and O–H groups in total. The summed E-state index contributed by atoms with van der Waals surface area (Å²) in [6.45, 7) is 5.52. The van der Waals surface area contributed by atoms with Crippen molar-refractivity contribution in [1.29, 1.82) is 0 Å². The van der Waals surface area contributed by atoms with Crippen molar-refractivity contribution in [1.82, 2.24) is 0 Å². The molecule has 17 heavy (non-hydrogen) atoms. The normalized spacial score (nSPS) is 13.6. The van der Waals surface area contributed by atoms with E-state index in [0.29, 0.717) is 5.56 Å². The second-order valence-corrected chi connectivity index (χ2v) is 4.99. The maximum absolute atomic E-state index is 13.8. The van der Waals surface area contributed by atoms with Gasteiger partial charge in [0, 0.05) is 24.3 Å². The van der Waals surface area contributed by atoms with Gasteiger partial charge in [-0.1, -0.05) is 6.07 Å². The van der Waals surface area contributed by atoms with Crippen LogP contribution in [0.5, 0.6) is 0 Å². The highest BCUT2D eigenvalue weighted by atomic mass is 19.1. The van der Waals surface area contributed by atoms with E-state index in [2.05, 4.69) is 0 Å². The SMILES string of the molecule is C[C@H](N)c1c(F)cccc1N(C)C(C)(C)CO. The Morgan fingerprint density at radius 1 is 1.47 bits per heavy atom. The van der Waals surface area contributed by atoms with Crippen molar-refractivity contribution in [2.24, 2.45) is 5.73 Å². The van der Waals surface area contributed by atoms with Crippen LogP contribution in [0.15, 0.2) is 18.2 Å². The second kappa shape index (κ2) is 5.02. The van der Waals surface area contributed by atoms with Crippen molar-refractivity contribution in [3.8, 4) is 0 Å². The predicted octanol–water partition coefficient (Wildman–Crippen LogP) is 2.05. The molecule has 4 heteroatoms. The third kappa shape index (κ3) is 2.76. The van der Waals surface area contributed by atoms with Crippen LogP contribution in [0.1, 0.15) is 32.4 Å². The summed E-state index contributed by atoms with van der Waals surface area (Å²) in [5, 5.41) is 9.36. The minimum Gasteiger partial charge on any atom is -0.394 e. The zero-order valence-corrected chi connectivity index (χ0v) is 10.9. The molecule has 1 atom stereocenters. The molecule has 0 spiro atoms. The highest BCUT2D eigenvalue weighted by molar-refractivity contribution is 5.56. The Labute approximate surface area is 102 Å². The molecule has 0 aromatic heterocycles. The number of nitrogens with two attached hydrogens (primary N) is 1. The van der Waals surface area contributed by atoms with Crippen LogP contribution in [0.25, 0.3) is 0 Å². The lowest BCUT2D eigenvalue weighted by atomic mass is 9.99. The Hall–Kier alpha value is -1.13. The number of rotatable bonds is 4. The van der Waals surface area contributed by atoms with Crippen LogP contribution in [0.3, 0.4) is 0 Å². The van der Waals surface area contributed by atoms with Gasteiger partial charge in [0.2, 0.25) is 0 Å². The standard InChI is InChI=1S/C13H21FN2O/c1-9(15)12-10(14)6-5-7-11(12)16(4)13(2,3)8-17/h5-7,9,17H,8,15H2,1-4H3/t9-/m0/s1. The first-order chi connectivity index (χ1) is 7.81. The molecule has 96 valence electrons. The number of likely N-dealkylation sites (N-methyl/N-ethyl adjacent to an activating group) is 1. The van der Waals surface area contributed by atoms with Gasteiger partial charge in [0.05, 0.1) is 12.1 Å². The smallest absolute Gasteiger partial charge is 0.130 e. The van der Waals surface area contributed by atoms with E-state index in [0.717, 1.165) is 5.69 Å². The molecule has 0 saturated carbocycles. The number of aliphatic hydroxyl groups excluding tert-OH is 1. The average molecular weight is 240 g/mol. The Balaban J connectivity index is 3.27. The lowest BCUT2D eigenvalue weighted by molar-refractivity contribution is 0.216. The average Bonchev–Trinajstić information content (AvgIpc) is 2.27. The van der Waals surface area contributed by atoms with Gasteiger partial charge < -0.3 is 15.7 Å². The number of hydrogen-bond donors (Lipinski definition) is 2. The van der Waals surface area contributed by atoms with Gasteiger partial charge >= 0.3 is 0 Å². The van der Waals surface area contributed by atoms with Crippen LogP contribution in [0.4, 0.5) is 10.1 Å². The summed E-state index contributed by atoms with van der Waals surface area (Å²) < 4.78 is 13.8. The van der Waals surface area contributed by atoms with Gasteiger partial charge in [-0.25, -0.2) is 4.39 Å². The summed E-state index contributed by atoms with van der Waals surface area (Å²) in [6, 6.07) is 4.49. The third-order valence-corrected chi connectivity index (χ3v) is 3.14. The lowest BCUT2D eigenvalue weighted by Gasteiger charge is -2.37. The van der Waals surface area contributed by atoms with Crippen molar-refractivity contribution in [2.75, 3.05) is 18.6 Å². The number of halogens is 1. The first-order valence-corrected chi connectivity index (χ1v) is 5.70. The molecule has 1 aromatic carbocycles. The molecular weight excluding hydrogens is 219 g/mol. The van der Waals surface area contributed by atoms with Gasteiger partial charge in [-0.3, -0.25) is 0 Å². The Morgan fingerprint density at radius 3 is 2.53 bits per heavy atom. The third-order valence-electron chi connectivity index (χ3n) is 3.14. The van der Waals surface area contributed by atoms with E-state index in [1.54, 1.807) is 13.0 Å². The van der Waals surface area contributed by atoms with Crippen LogP contribution >= 0.6 is 0 Å². The quantitative estimate of drug-likeness (QED) is 0.847. The first-order valence-electron chi connectivity index (χ1n) is 5.70. The molecule has 0 unspecified atom stereocenters. The molecular formula is C13H21FN2O. The van der Waals surface area contributed by atoms with E-state index in [1.807, 2.05) is 31.9 Å². The zero-order chi connectivity index (χ0) is 13.2. The minimum absolute atomic E-state index is 0.0155. The summed E-state index contributed by atoms with van der Waals surface area (Å²) in [7, 11) is 1.83. The van der Waals surface area contributed by atoms with Gasteiger partial charge in [-0.2, -0.15) is 0 Å². The molecule has 0 aliphatic carbocycles. The van der Waals surface area contributed by atoms with E-state index in [-0.39, 0.29) is 18.5 Å².